The van der Waals surface area contributed by atoms with Crippen molar-refractivity contribution in [1.82, 2.24) is 5.32 Å². The number of halogens is 2. The Morgan fingerprint density at radius 2 is 2.00 bits per heavy atom. The number of hydrogen-bond donors (Lipinski definition) is 1. The SMILES string of the molecule is CNCc1c(F)cccc1Oc1ccc(C)cc1Br. The van der Waals surface area contributed by atoms with Gasteiger partial charge in [-0.2, -0.15) is 0 Å². The Balaban J connectivity index is 2.35. The molecule has 0 heterocycles. The van der Waals surface area contributed by atoms with Crippen molar-refractivity contribution < 1.29 is 9.13 Å². The van der Waals surface area contributed by atoms with E-state index in [1.807, 2.05) is 25.1 Å². The molecule has 0 spiro atoms. The largest absolute Gasteiger partial charge is 0.456 e. The van der Waals surface area contributed by atoms with Gasteiger partial charge in [-0.1, -0.05) is 12.1 Å². The van der Waals surface area contributed by atoms with Crippen molar-refractivity contribution in [2.24, 2.45) is 0 Å². The number of aryl methyl sites for hydroxylation is 1. The molecule has 100 valence electrons. The highest BCUT2D eigenvalue weighted by Gasteiger charge is 2.11. The van der Waals surface area contributed by atoms with Gasteiger partial charge in [0.15, 0.2) is 0 Å². The molecule has 0 atom stereocenters. The zero-order valence-corrected chi connectivity index (χ0v) is 12.4. The van der Waals surface area contributed by atoms with E-state index in [4.69, 9.17) is 4.74 Å². The quantitative estimate of drug-likeness (QED) is 0.899. The van der Waals surface area contributed by atoms with Crippen LogP contribution in [0, 0.1) is 12.7 Å². The molecule has 0 saturated carbocycles. The minimum Gasteiger partial charge on any atom is -0.456 e. The van der Waals surface area contributed by atoms with Gasteiger partial charge < -0.3 is 10.1 Å². The lowest BCUT2D eigenvalue weighted by molar-refractivity contribution is 0.461. The number of benzene rings is 2. The number of ether oxygens (including phenoxy) is 1. The molecule has 0 unspecified atom stereocenters. The van der Waals surface area contributed by atoms with E-state index in [0.717, 1.165) is 10.0 Å². The van der Waals surface area contributed by atoms with Gasteiger partial charge in [0, 0.05) is 12.1 Å². The molecule has 0 aliphatic heterocycles. The fraction of sp³-hybridized carbons (Fsp3) is 0.200. The van der Waals surface area contributed by atoms with Gasteiger partial charge in [-0.25, -0.2) is 4.39 Å². The highest BCUT2D eigenvalue weighted by atomic mass is 79.9. The van der Waals surface area contributed by atoms with Gasteiger partial charge in [0.25, 0.3) is 0 Å². The van der Waals surface area contributed by atoms with Crippen molar-refractivity contribution >= 4 is 15.9 Å². The van der Waals surface area contributed by atoms with Crippen LogP contribution in [0.3, 0.4) is 0 Å². The van der Waals surface area contributed by atoms with Gasteiger partial charge in [-0.3, -0.25) is 0 Å². The van der Waals surface area contributed by atoms with Crippen LogP contribution in [-0.4, -0.2) is 7.05 Å². The summed E-state index contributed by atoms with van der Waals surface area (Å²) in [6, 6.07) is 10.6. The zero-order valence-electron chi connectivity index (χ0n) is 10.8. The van der Waals surface area contributed by atoms with E-state index in [0.29, 0.717) is 23.6 Å². The lowest BCUT2D eigenvalue weighted by Gasteiger charge is -2.13. The number of nitrogens with one attached hydrogen (secondary N) is 1. The van der Waals surface area contributed by atoms with Crippen LogP contribution >= 0.6 is 15.9 Å². The van der Waals surface area contributed by atoms with Crippen LogP contribution in [-0.2, 0) is 6.54 Å². The zero-order chi connectivity index (χ0) is 13.8. The molecule has 4 heteroatoms. The van der Waals surface area contributed by atoms with Crippen molar-refractivity contribution in [2.45, 2.75) is 13.5 Å². The average molecular weight is 324 g/mol. The molecule has 0 aliphatic rings. The fourth-order valence-corrected chi connectivity index (χ4v) is 2.36. The van der Waals surface area contributed by atoms with E-state index in [2.05, 4.69) is 21.2 Å². The van der Waals surface area contributed by atoms with Crippen LogP contribution in [0.4, 0.5) is 4.39 Å². The topological polar surface area (TPSA) is 21.3 Å². The molecule has 1 N–H and O–H groups in total. The summed E-state index contributed by atoms with van der Waals surface area (Å²) in [5, 5.41) is 2.94. The fourth-order valence-electron chi connectivity index (χ4n) is 1.79. The first-order chi connectivity index (χ1) is 9.11. The molecular weight excluding hydrogens is 309 g/mol. The van der Waals surface area contributed by atoms with Gasteiger partial charge >= 0.3 is 0 Å². The predicted octanol–water partition coefficient (Wildman–Crippen LogP) is 4.41. The smallest absolute Gasteiger partial charge is 0.141 e. The lowest BCUT2D eigenvalue weighted by atomic mass is 10.2. The molecule has 0 saturated heterocycles. The second-order valence-electron chi connectivity index (χ2n) is 4.28. The van der Waals surface area contributed by atoms with Crippen LogP contribution in [0.1, 0.15) is 11.1 Å². The second kappa shape index (κ2) is 6.17. The molecule has 19 heavy (non-hydrogen) atoms. The third kappa shape index (κ3) is 3.33. The summed E-state index contributed by atoms with van der Waals surface area (Å²) < 4.78 is 20.4. The molecule has 0 amide bonds. The molecule has 2 aromatic rings. The van der Waals surface area contributed by atoms with E-state index in [1.54, 1.807) is 19.2 Å². The van der Waals surface area contributed by atoms with Crippen molar-refractivity contribution in [1.29, 1.82) is 0 Å². The number of rotatable bonds is 4. The van der Waals surface area contributed by atoms with Crippen LogP contribution in [0.25, 0.3) is 0 Å². The van der Waals surface area contributed by atoms with Crippen LogP contribution in [0.15, 0.2) is 40.9 Å². The highest BCUT2D eigenvalue weighted by molar-refractivity contribution is 9.10. The van der Waals surface area contributed by atoms with Gasteiger partial charge in [0.05, 0.1) is 4.47 Å². The third-order valence-corrected chi connectivity index (χ3v) is 3.36. The van der Waals surface area contributed by atoms with Crippen molar-refractivity contribution in [3.8, 4) is 11.5 Å². The third-order valence-electron chi connectivity index (χ3n) is 2.74. The van der Waals surface area contributed by atoms with Gasteiger partial charge in [0.1, 0.15) is 17.3 Å². The van der Waals surface area contributed by atoms with E-state index in [9.17, 15) is 4.39 Å². The maximum Gasteiger partial charge on any atom is 0.141 e. The second-order valence-corrected chi connectivity index (χ2v) is 5.14. The Labute approximate surface area is 120 Å². The Morgan fingerprint density at radius 1 is 1.21 bits per heavy atom. The summed E-state index contributed by atoms with van der Waals surface area (Å²) >= 11 is 3.45. The Morgan fingerprint density at radius 3 is 2.68 bits per heavy atom. The first-order valence-corrected chi connectivity index (χ1v) is 6.77. The molecule has 2 rings (SSSR count). The summed E-state index contributed by atoms with van der Waals surface area (Å²) in [6.07, 6.45) is 0. The number of hydrogen-bond acceptors (Lipinski definition) is 2. The summed E-state index contributed by atoms with van der Waals surface area (Å²) in [5.41, 5.74) is 1.66. The standard InChI is InChI=1S/C15H15BrFNO/c1-10-6-7-15(12(16)8-10)19-14-5-3-4-13(17)11(14)9-18-2/h3-8,18H,9H2,1-2H3. The molecule has 0 aliphatic carbocycles. The summed E-state index contributed by atoms with van der Waals surface area (Å²) in [5.74, 6) is 0.933. The average Bonchev–Trinajstić information content (AvgIpc) is 2.37. The van der Waals surface area contributed by atoms with E-state index >= 15 is 0 Å². The molecular formula is C15H15BrFNO. The van der Waals surface area contributed by atoms with E-state index < -0.39 is 0 Å². The Hall–Kier alpha value is -1.39. The van der Waals surface area contributed by atoms with Crippen LogP contribution in [0.2, 0.25) is 0 Å². The molecule has 0 aromatic heterocycles. The summed E-state index contributed by atoms with van der Waals surface area (Å²) in [6.45, 7) is 2.43. The molecule has 0 radical (unpaired) electrons. The minimum absolute atomic E-state index is 0.268. The molecule has 0 bridgehead atoms. The molecule has 2 aromatic carbocycles. The Bertz CT molecular complexity index is 586. The van der Waals surface area contributed by atoms with Gasteiger partial charge in [0.2, 0.25) is 0 Å². The van der Waals surface area contributed by atoms with Crippen molar-refractivity contribution in [3.05, 3.63) is 57.8 Å². The highest BCUT2D eigenvalue weighted by Crippen LogP contribution is 2.32. The maximum absolute atomic E-state index is 13.8. The molecule has 0 fully saturated rings. The van der Waals surface area contributed by atoms with E-state index in [1.165, 1.54) is 6.07 Å². The lowest BCUT2D eigenvalue weighted by Crippen LogP contribution is -2.08. The van der Waals surface area contributed by atoms with Crippen LogP contribution in [0.5, 0.6) is 11.5 Å². The van der Waals surface area contributed by atoms with Crippen LogP contribution < -0.4 is 10.1 Å². The van der Waals surface area contributed by atoms with Gasteiger partial charge in [-0.15, -0.1) is 0 Å². The molecule has 2 nitrogen and oxygen atoms in total. The van der Waals surface area contributed by atoms with E-state index in [-0.39, 0.29) is 5.82 Å². The van der Waals surface area contributed by atoms with Crippen molar-refractivity contribution in [2.75, 3.05) is 7.05 Å². The maximum atomic E-state index is 13.8. The van der Waals surface area contributed by atoms with Crippen molar-refractivity contribution in [3.63, 3.8) is 0 Å². The summed E-state index contributed by atoms with van der Waals surface area (Å²) in [7, 11) is 1.78. The Kier molecular flexibility index (Phi) is 4.56. The minimum atomic E-state index is -0.268. The summed E-state index contributed by atoms with van der Waals surface area (Å²) in [4.78, 5) is 0. The first-order valence-electron chi connectivity index (χ1n) is 5.98. The first kappa shape index (κ1) is 14.0. The van der Waals surface area contributed by atoms with Gasteiger partial charge in [-0.05, 0) is 59.7 Å². The monoisotopic (exact) mass is 323 g/mol. The predicted molar refractivity (Wildman–Crippen MR) is 78.1 cm³/mol. The normalized spacial score (nSPS) is 10.5.